The molecule has 1 aromatic rings. The Labute approximate surface area is 125 Å². The van der Waals surface area contributed by atoms with Gasteiger partial charge in [0, 0.05) is 6.04 Å². The van der Waals surface area contributed by atoms with E-state index in [4.69, 9.17) is 11.6 Å². The van der Waals surface area contributed by atoms with Crippen LogP contribution in [0.3, 0.4) is 0 Å². The third-order valence-electron chi connectivity index (χ3n) is 4.20. The number of nitrogens with one attached hydrogen (secondary N) is 1. The fourth-order valence-corrected chi connectivity index (χ4v) is 3.15. The molecule has 1 aliphatic carbocycles. The Bertz CT molecular complexity index is 461. The highest BCUT2D eigenvalue weighted by Gasteiger charge is 2.32. The number of halogens is 1. The van der Waals surface area contributed by atoms with Crippen LogP contribution in [0.4, 0.5) is 0 Å². The maximum absolute atomic E-state index is 12.2. The predicted molar refractivity (Wildman–Crippen MR) is 79.6 cm³/mol. The maximum Gasteiger partial charge on any atom is 0.272 e. The van der Waals surface area contributed by atoms with Crippen LogP contribution in [0.2, 0.25) is 5.15 Å². The highest BCUT2D eigenvalue weighted by Crippen LogP contribution is 2.33. The molecule has 2 rings (SSSR count). The zero-order valence-corrected chi connectivity index (χ0v) is 13.0. The van der Waals surface area contributed by atoms with Crippen molar-refractivity contribution >= 4 is 17.5 Å². The van der Waals surface area contributed by atoms with Gasteiger partial charge in [-0.2, -0.15) is 0 Å². The van der Waals surface area contributed by atoms with Gasteiger partial charge in [0.25, 0.3) is 5.91 Å². The lowest BCUT2D eigenvalue weighted by Gasteiger charge is -2.37. The lowest BCUT2D eigenvalue weighted by molar-refractivity contribution is 0.0862. The van der Waals surface area contributed by atoms with E-state index in [0.717, 1.165) is 6.42 Å². The average molecular weight is 296 g/mol. The molecule has 1 aliphatic rings. The SMILES string of the molecule is CC1CCC(C(C)C)C(NC(=O)c2ccc(Cl)nn2)C1. The summed E-state index contributed by atoms with van der Waals surface area (Å²) >= 11 is 5.69. The van der Waals surface area contributed by atoms with Gasteiger partial charge >= 0.3 is 0 Å². The summed E-state index contributed by atoms with van der Waals surface area (Å²) in [6.45, 7) is 6.70. The fraction of sp³-hybridized carbons (Fsp3) is 0.667. The molecule has 1 amide bonds. The molecule has 0 aromatic carbocycles. The first-order chi connectivity index (χ1) is 9.47. The first-order valence-corrected chi connectivity index (χ1v) is 7.65. The molecule has 0 saturated heterocycles. The molecular weight excluding hydrogens is 274 g/mol. The first-order valence-electron chi connectivity index (χ1n) is 7.27. The van der Waals surface area contributed by atoms with Gasteiger partial charge in [0.15, 0.2) is 10.8 Å². The van der Waals surface area contributed by atoms with Crippen LogP contribution < -0.4 is 5.32 Å². The maximum atomic E-state index is 12.2. The van der Waals surface area contributed by atoms with E-state index in [-0.39, 0.29) is 11.9 Å². The zero-order chi connectivity index (χ0) is 14.7. The summed E-state index contributed by atoms with van der Waals surface area (Å²) in [5.74, 6) is 1.62. The van der Waals surface area contributed by atoms with Crippen LogP contribution in [-0.2, 0) is 0 Å². The number of rotatable bonds is 3. The Kier molecular flexibility index (Phi) is 4.97. The zero-order valence-electron chi connectivity index (χ0n) is 12.3. The van der Waals surface area contributed by atoms with E-state index in [9.17, 15) is 4.79 Å². The minimum absolute atomic E-state index is 0.154. The molecule has 4 nitrogen and oxygen atoms in total. The van der Waals surface area contributed by atoms with Crippen molar-refractivity contribution < 1.29 is 4.79 Å². The molecule has 1 saturated carbocycles. The van der Waals surface area contributed by atoms with E-state index in [1.807, 2.05) is 0 Å². The second-order valence-corrected chi connectivity index (χ2v) is 6.53. The highest BCUT2D eigenvalue weighted by atomic mass is 35.5. The molecule has 1 N–H and O–H groups in total. The molecule has 3 unspecified atom stereocenters. The van der Waals surface area contributed by atoms with Crippen LogP contribution in [0.5, 0.6) is 0 Å². The van der Waals surface area contributed by atoms with Crippen molar-refractivity contribution in [1.82, 2.24) is 15.5 Å². The second-order valence-electron chi connectivity index (χ2n) is 6.15. The minimum Gasteiger partial charge on any atom is -0.348 e. The smallest absolute Gasteiger partial charge is 0.272 e. The average Bonchev–Trinajstić information content (AvgIpc) is 2.39. The Morgan fingerprint density at radius 1 is 1.35 bits per heavy atom. The van der Waals surface area contributed by atoms with Gasteiger partial charge in [0.05, 0.1) is 0 Å². The molecule has 0 bridgehead atoms. The van der Waals surface area contributed by atoms with Crippen LogP contribution >= 0.6 is 11.6 Å². The van der Waals surface area contributed by atoms with Gasteiger partial charge in [-0.1, -0.05) is 38.8 Å². The first kappa shape index (κ1) is 15.2. The molecule has 0 aliphatic heterocycles. The van der Waals surface area contributed by atoms with Crippen molar-refractivity contribution in [2.24, 2.45) is 17.8 Å². The van der Waals surface area contributed by atoms with E-state index >= 15 is 0 Å². The Morgan fingerprint density at radius 3 is 2.70 bits per heavy atom. The highest BCUT2D eigenvalue weighted by molar-refractivity contribution is 6.29. The van der Waals surface area contributed by atoms with E-state index in [0.29, 0.717) is 28.6 Å². The van der Waals surface area contributed by atoms with Crippen LogP contribution in [0.15, 0.2) is 12.1 Å². The number of carbonyl (C=O) groups is 1. The summed E-state index contributed by atoms with van der Waals surface area (Å²) in [6.07, 6.45) is 3.46. The van der Waals surface area contributed by atoms with Crippen LogP contribution in [0.1, 0.15) is 50.5 Å². The molecule has 5 heteroatoms. The summed E-state index contributed by atoms with van der Waals surface area (Å²) in [5, 5.41) is 11.0. The Balaban J connectivity index is 2.05. The summed E-state index contributed by atoms with van der Waals surface area (Å²) in [4.78, 5) is 12.2. The summed E-state index contributed by atoms with van der Waals surface area (Å²) in [6, 6.07) is 3.43. The predicted octanol–water partition coefficient (Wildman–Crippen LogP) is 3.32. The van der Waals surface area contributed by atoms with Crippen LogP contribution in [0.25, 0.3) is 0 Å². The van der Waals surface area contributed by atoms with Crippen molar-refractivity contribution in [3.8, 4) is 0 Å². The van der Waals surface area contributed by atoms with E-state index in [1.54, 1.807) is 12.1 Å². The van der Waals surface area contributed by atoms with E-state index in [1.165, 1.54) is 12.8 Å². The lowest BCUT2D eigenvalue weighted by Crippen LogP contribution is -2.45. The summed E-state index contributed by atoms with van der Waals surface area (Å²) in [7, 11) is 0. The molecule has 20 heavy (non-hydrogen) atoms. The largest absolute Gasteiger partial charge is 0.348 e. The van der Waals surface area contributed by atoms with Gasteiger partial charge in [0.2, 0.25) is 0 Å². The topological polar surface area (TPSA) is 54.9 Å². The van der Waals surface area contributed by atoms with Crippen molar-refractivity contribution in [1.29, 1.82) is 0 Å². The van der Waals surface area contributed by atoms with Gasteiger partial charge < -0.3 is 5.32 Å². The summed E-state index contributed by atoms with van der Waals surface area (Å²) < 4.78 is 0. The van der Waals surface area contributed by atoms with Crippen molar-refractivity contribution in [3.05, 3.63) is 23.0 Å². The quantitative estimate of drug-likeness (QED) is 0.930. The number of amides is 1. The van der Waals surface area contributed by atoms with Crippen LogP contribution in [0, 0.1) is 17.8 Å². The molecule has 0 radical (unpaired) electrons. The minimum atomic E-state index is -0.154. The van der Waals surface area contributed by atoms with Gasteiger partial charge in [0.1, 0.15) is 0 Å². The third-order valence-corrected chi connectivity index (χ3v) is 4.40. The molecule has 110 valence electrons. The van der Waals surface area contributed by atoms with Crippen molar-refractivity contribution in [3.63, 3.8) is 0 Å². The number of carbonyl (C=O) groups excluding carboxylic acids is 1. The number of hydrogen-bond donors (Lipinski definition) is 1. The molecular formula is C15H22ClN3O. The Morgan fingerprint density at radius 2 is 2.10 bits per heavy atom. The molecule has 1 heterocycles. The number of aromatic nitrogens is 2. The number of hydrogen-bond acceptors (Lipinski definition) is 3. The van der Waals surface area contributed by atoms with E-state index in [2.05, 4.69) is 36.3 Å². The second kappa shape index (κ2) is 6.53. The molecule has 1 fully saturated rings. The molecule has 3 atom stereocenters. The Hall–Kier alpha value is -1.16. The van der Waals surface area contributed by atoms with Gasteiger partial charge in [-0.25, -0.2) is 0 Å². The third kappa shape index (κ3) is 3.69. The molecule has 0 spiro atoms. The normalized spacial score (nSPS) is 26.6. The van der Waals surface area contributed by atoms with Crippen molar-refractivity contribution in [2.75, 3.05) is 0 Å². The molecule has 1 aromatic heterocycles. The van der Waals surface area contributed by atoms with Gasteiger partial charge in [-0.15, -0.1) is 10.2 Å². The monoisotopic (exact) mass is 295 g/mol. The van der Waals surface area contributed by atoms with Crippen molar-refractivity contribution in [2.45, 2.75) is 46.1 Å². The standard InChI is InChI=1S/C15H22ClN3O/c1-9(2)11-5-4-10(3)8-13(11)17-15(20)12-6-7-14(16)19-18-12/h6-7,9-11,13H,4-5,8H2,1-3H3,(H,17,20). The summed E-state index contributed by atoms with van der Waals surface area (Å²) in [5.41, 5.74) is 0.329. The number of nitrogens with zero attached hydrogens (tertiary/aromatic N) is 2. The van der Waals surface area contributed by atoms with Crippen LogP contribution in [-0.4, -0.2) is 22.1 Å². The van der Waals surface area contributed by atoms with Gasteiger partial charge in [-0.3, -0.25) is 4.79 Å². The van der Waals surface area contributed by atoms with Gasteiger partial charge in [-0.05, 0) is 42.7 Å². The lowest BCUT2D eigenvalue weighted by atomic mass is 9.74. The fourth-order valence-electron chi connectivity index (χ4n) is 3.05. The van der Waals surface area contributed by atoms with E-state index < -0.39 is 0 Å².